The number of hydrogen-bond donors (Lipinski definition) is 1. The van der Waals surface area contributed by atoms with Crippen molar-refractivity contribution in [1.29, 1.82) is 0 Å². The lowest BCUT2D eigenvalue weighted by molar-refractivity contribution is 0.183. The van der Waals surface area contributed by atoms with Crippen LogP contribution in [0.3, 0.4) is 0 Å². The summed E-state index contributed by atoms with van der Waals surface area (Å²) in [5.74, 6) is 0. The first-order valence-corrected chi connectivity index (χ1v) is 9.09. The number of hydrogen-bond acceptors (Lipinski definition) is 2. The molecular formula is C19H27N3O. The largest absolute Gasteiger partial charge is 0.332 e. The maximum absolute atomic E-state index is 12.8. The first-order valence-electron chi connectivity index (χ1n) is 9.09. The number of nitrogens with zero attached hydrogens (tertiary/aromatic N) is 2. The van der Waals surface area contributed by atoms with Gasteiger partial charge in [-0.25, -0.2) is 4.79 Å². The van der Waals surface area contributed by atoms with Crippen molar-refractivity contribution in [3.63, 3.8) is 0 Å². The van der Waals surface area contributed by atoms with Gasteiger partial charge in [0, 0.05) is 31.2 Å². The molecule has 4 nitrogen and oxygen atoms in total. The highest BCUT2D eigenvalue weighted by molar-refractivity contribution is 5.75. The van der Waals surface area contributed by atoms with Gasteiger partial charge in [0.1, 0.15) is 0 Å². The molecule has 1 aromatic carbocycles. The molecule has 3 aliphatic rings. The zero-order chi connectivity index (χ0) is 15.7. The second kappa shape index (κ2) is 6.16. The molecule has 1 atom stereocenters. The summed E-state index contributed by atoms with van der Waals surface area (Å²) in [5, 5.41) is 3.36. The predicted molar refractivity (Wildman–Crippen MR) is 91.4 cm³/mol. The summed E-state index contributed by atoms with van der Waals surface area (Å²) in [6.07, 6.45) is 6.82. The van der Waals surface area contributed by atoms with Gasteiger partial charge in [0.25, 0.3) is 0 Å². The van der Waals surface area contributed by atoms with E-state index in [4.69, 9.17) is 0 Å². The van der Waals surface area contributed by atoms with Crippen molar-refractivity contribution in [1.82, 2.24) is 15.1 Å². The van der Waals surface area contributed by atoms with E-state index in [2.05, 4.69) is 39.4 Å². The summed E-state index contributed by atoms with van der Waals surface area (Å²) in [4.78, 5) is 17.4. The van der Waals surface area contributed by atoms with E-state index >= 15 is 0 Å². The smallest absolute Gasteiger partial charge is 0.317 e. The lowest BCUT2D eigenvalue weighted by Crippen LogP contribution is -2.49. The van der Waals surface area contributed by atoms with Gasteiger partial charge in [0.2, 0.25) is 0 Å². The monoisotopic (exact) mass is 313 g/mol. The van der Waals surface area contributed by atoms with Crippen molar-refractivity contribution in [2.45, 2.75) is 50.1 Å². The highest BCUT2D eigenvalue weighted by Crippen LogP contribution is 2.39. The van der Waals surface area contributed by atoms with Crippen LogP contribution in [0.4, 0.5) is 4.79 Å². The van der Waals surface area contributed by atoms with Crippen LogP contribution < -0.4 is 5.32 Å². The fourth-order valence-corrected chi connectivity index (χ4v) is 4.18. The molecular weight excluding hydrogens is 286 g/mol. The van der Waals surface area contributed by atoms with E-state index in [-0.39, 0.29) is 11.6 Å². The van der Waals surface area contributed by atoms with Crippen LogP contribution >= 0.6 is 0 Å². The van der Waals surface area contributed by atoms with Gasteiger partial charge in [0.05, 0.1) is 0 Å². The fraction of sp³-hybridized carbons (Fsp3) is 0.632. The van der Waals surface area contributed by atoms with Crippen molar-refractivity contribution in [3.05, 3.63) is 35.9 Å². The van der Waals surface area contributed by atoms with Gasteiger partial charge in [-0.15, -0.1) is 0 Å². The quantitative estimate of drug-likeness (QED) is 0.931. The molecule has 2 aliphatic heterocycles. The minimum absolute atomic E-state index is 0.0140. The van der Waals surface area contributed by atoms with E-state index in [9.17, 15) is 4.79 Å². The van der Waals surface area contributed by atoms with Crippen LogP contribution in [-0.4, -0.2) is 53.6 Å². The molecule has 2 saturated heterocycles. The van der Waals surface area contributed by atoms with Gasteiger partial charge in [-0.3, -0.25) is 4.90 Å². The molecule has 0 radical (unpaired) electrons. The Morgan fingerprint density at radius 3 is 2.70 bits per heavy atom. The third-order valence-electron chi connectivity index (χ3n) is 5.70. The van der Waals surface area contributed by atoms with Crippen molar-refractivity contribution in [2.24, 2.45) is 0 Å². The van der Waals surface area contributed by atoms with Crippen LogP contribution in [0, 0.1) is 0 Å². The van der Waals surface area contributed by atoms with Crippen LogP contribution in [0.15, 0.2) is 30.3 Å². The van der Waals surface area contributed by atoms with Crippen molar-refractivity contribution >= 4 is 6.03 Å². The molecule has 0 aromatic heterocycles. The second-order valence-corrected chi connectivity index (χ2v) is 7.50. The predicted octanol–water partition coefficient (Wildman–Crippen LogP) is 2.64. The molecule has 1 N–H and O–H groups in total. The summed E-state index contributed by atoms with van der Waals surface area (Å²) in [5.41, 5.74) is 1.34. The maximum atomic E-state index is 12.8. The lowest BCUT2D eigenvalue weighted by atomic mass is 10.0. The molecule has 1 saturated carbocycles. The molecule has 0 unspecified atom stereocenters. The zero-order valence-electron chi connectivity index (χ0n) is 13.8. The minimum Gasteiger partial charge on any atom is -0.332 e. The van der Waals surface area contributed by atoms with Crippen molar-refractivity contribution < 1.29 is 4.79 Å². The van der Waals surface area contributed by atoms with Crippen LogP contribution in [-0.2, 0) is 6.42 Å². The third kappa shape index (κ3) is 3.37. The number of nitrogens with one attached hydrogen (secondary N) is 1. The Hall–Kier alpha value is -1.55. The van der Waals surface area contributed by atoms with E-state index < -0.39 is 0 Å². The Kier molecular flexibility index (Phi) is 4.02. The second-order valence-electron chi connectivity index (χ2n) is 7.50. The average molecular weight is 313 g/mol. The summed E-state index contributed by atoms with van der Waals surface area (Å²) in [6, 6.07) is 11.3. The Labute approximate surface area is 138 Å². The number of rotatable bonds is 3. The summed E-state index contributed by atoms with van der Waals surface area (Å²) in [7, 11) is 0. The number of carbonyl (C=O) groups excluding carboxylic acids is 1. The number of carbonyl (C=O) groups is 1. The van der Waals surface area contributed by atoms with Gasteiger partial charge in [-0.05, 0) is 50.6 Å². The maximum Gasteiger partial charge on any atom is 0.317 e. The Morgan fingerprint density at radius 2 is 1.91 bits per heavy atom. The van der Waals surface area contributed by atoms with Crippen LogP contribution in [0.2, 0.25) is 0 Å². The molecule has 0 bridgehead atoms. The molecule has 3 fully saturated rings. The van der Waals surface area contributed by atoms with Crippen LogP contribution in [0.5, 0.6) is 0 Å². The number of urea groups is 1. The van der Waals surface area contributed by atoms with Gasteiger partial charge in [-0.1, -0.05) is 30.3 Å². The summed E-state index contributed by atoms with van der Waals surface area (Å²) in [6.45, 7) is 4.19. The van der Waals surface area contributed by atoms with Crippen LogP contribution in [0.25, 0.3) is 0 Å². The third-order valence-corrected chi connectivity index (χ3v) is 5.70. The minimum atomic E-state index is 0.0140. The van der Waals surface area contributed by atoms with E-state index in [1.807, 2.05) is 6.07 Å². The van der Waals surface area contributed by atoms with E-state index in [1.165, 1.54) is 24.9 Å². The molecule has 2 amide bonds. The molecule has 124 valence electrons. The molecule has 1 aliphatic carbocycles. The lowest BCUT2D eigenvalue weighted by Gasteiger charge is -2.28. The van der Waals surface area contributed by atoms with Gasteiger partial charge in [0.15, 0.2) is 0 Å². The molecule has 0 spiro atoms. The summed E-state index contributed by atoms with van der Waals surface area (Å²) >= 11 is 0. The number of fused-ring (bicyclic) bond motifs is 1. The van der Waals surface area contributed by atoms with E-state index in [0.29, 0.717) is 6.04 Å². The van der Waals surface area contributed by atoms with E-state index in [0.717, 1.165) is 45.3 Å². The van der Waals surface area contributed by atoms with Gasteiger partial charge >= 0.3 is 6.03 Å². The fourth-order valence-electron chi connectivity index (χ4n) is 4.18. The highest BCUT2D eigenvalue weighted by Gasteiger charge is 2.45. The average Bonchev–Trinajstić information content (AvgIpc) is 3.22. The Balaban J connectivity index is 1.37. The van der Waals surface area contributed by atoms with Gasteiger partial charge in [-0.2, -0.15) is 0 Å². The summed E-state index contributed by atoms with van der Waals surface area (Å²) < 4.78 is 0. The molecule has 4 rings (SSSR count). The van der Waals surface area contributed by atoms with Crippen molar-refractivity contribution in [2.75, 3.05) is 26.2 Å². The molecule has 1 aromatic rings. The SMILES string of the molecule is O=C(NC1(Cc2ccccc2)CC1)N1CCCN2CCC[C@H]2C1. The molecule has 23 heavy (non-hydrogen) atoms. The Morgan fingerprint density at radius 1 is 1.13 bits per heavy atom. The van der Waals surface area contributed by atoms with Gasteiger partial charge < -0.3 is 10.2 Å². The zero-order valence-corrected chi connectivity index (χ0v) is 13.8. The number of benzene rings is 1. The topological polar surface area (TPSA) is 35.6 Å². The molecule has 4 heteroatoms. The highest BCUT2D eigenvalue weighted by atomic mass is 16.2. The molecule has 2 heterocycles. The van der Waals surface area contributed by atoms with Crippen LogP contribution in [0.1, 0.15) is 37.7 Å². The normalized spacial score (nSPS) is 26.4. The van der Waals surface area contributed by atoms with E-state index in [1.54, 1.807) is 0 Å². The van der Waals surface area contributed by atoms with Crippen molar-refractivity contribution in [3.8, 4) is 0 Å². The Bertz CT molecular complexity index is 555. The first-order chi connectivity index (χ1) is 11.2. The standard InChI is InChI=1S/C19H27N3O/c23-18(22-13-5-12-21-11-4-8-17(21)15-22)20-19(9-10-19)14-16-6-2-1-3-7-16/h1-3,6-7,17H,4-5,8-15H2,(H,20,23)/t17-/m0/s1. The first kappa shape index (κ1) is 15.0. The number of amides is 2.